The summed E-state index contributed by atoms with van der Waals surface area (Å²) in [4.78, 5) is 12.4. The second-order valence-corrected chi connectivity index (χ2v) is 8.15. The SMILES string of the molecule is CC(C)[C@H](NC(=O)OC(C)(C)C)C(O)(c1ccc(F)cc1)c1ccc(F)cc1. The van der Waals surface area contributed by atoms with Crippen LogP contribution in [0.5, 0.6) is 0 Å². The van der Waals surface area contributed by atoms with Crippen LogP contribution in [0.25, 0.3) is 0 Å². The average Bonchev–Trinajstić information content (AvgIpc) is 2.58. The highest BCUT2D eigenvalue weighted by atomic mass is 19.1. The largest absolute Gasteiger partial charge is 0.444 e. The van der Waals surface area contributed by atoms with Crippen LogP contribution in [-0.2, 0) is 10.3 Å². The number of hydrogen-bond donors (Lipinski definition) is 2. The minimum atomic E-state index is -1.73. The summed E-state index contributed by atoms with van der Waals surface area (Å²) in [6.07, 6.45) is -0.686. The molecule has 28 heavy (non-hydrogen) atoms. The van der Waals surface area contributed by atoms with Gasteiger partial charge >= 0.3 is 6.09 Å². The zero-order chi connectivity index (χ0) is 21.1. The number of aliphatic hydroxyl groups is 1. The molecule has 0 saturated carbocycles. The number of hydrogen-bond acceptors (Lipinski definition) is 3. The lowest BCUT2D eigenvalue weighted by Gasteiger charge is -2.40. The lowest BCUT2D eigenvalue weighted by Crippen LogP contribution is -2.55. The Morgan fingerprint density at radius 3 is 1.64 bits per heavy atom. The smallest absolute Gasteiger partial charge is 0.408 e. The molecule has 152 valence electrons. The molecule has 1 amide bonds. The van der Waals surface area contributed by atoms with Crippen LogP contribution in [0.1, 0.15) is 45.7 Å². The molecule has 0 aliphatic heterocycles. The minimum absolute atomic E-state index is 0.229. The predicted octanol–water partition coefficient (Wildman–Crippen LogP) is 4.75. The molecule has 2 rings (SSSR count). The van der Waals surface area contributed by atoms with Gasteiger partial charge in [0, 0.05) is 0 Å². The Bertz CT molecular complexity index is 751. The van der Waals surface area contributed by atoms with Gasteiger partial charge in [-0.15, -0.1) is 0 Å². The van der Waals surface area contributed by atoms with E-state index >= 15 is 0 Å². The molecule has 0 radical (unpaired) electrons. The monoisotopic (exact) mass is 391 g/mol. The summed E-state index contributed by atoms with van der Waals surface area (Å²) in [6, 6.07) is 9.90. The summed E-state index contributed by atoms with van der Waals surface area (Å²) in [7, 11) is 0. The molecule has 0 aliphatic rings. The van der Waals surface area contributed by atoms with Crippen LogP contribution in [0.15, 0.2) is 48.5 Å². The number of carbonyl (C=O) groups excluding carboxylic acids is 1. The van der Waals surface area contributed by atoms with E-state index < -0.39 is 35.0 Å². The Morgan fingerprint density at radius 1 is 0.929 bits per heavy atom. The maximum atomic E-state index is 13.5. The van der Waals surface area contributed by atoms with Gasteiger partial charge in [0.05, 0.1) is 6.04 Å². The van der Waals surface area contributed by atoms with Crippen LogP contribution >= 0.6 is 0 Å². The summed E-state index contributed by atoms with van der Waals surface area (Å²) < 4.78 is 32.3. The van der Waals surface area contributed by atoms with Gasteiger partial charge in [0.1, 0.15) is 22.8 Å². The molecule has 0 aliphatic carbocycles. The fraction of sp³-hybridized carbons (Fsp3) is 0.409. The van der Waals surface area contributed by atoms with Crippen LogP contribution < -0.4 is 5.32 Å². The number of carbonyl (C=O) groups is 1. The molecule has 6 heteroatoms. The van der Waals surface area contributed by atoms with Crippen LogP contribution in [0, 0.1) is 17.6 Å². The van der Waals surface area contributed by atoms with Gasteiger partial charge in [0.2, 0.25) is 0 Å². The molecule has 0 saturated heterocycles. The van der Waals surface area contributed by atoms with E-state index in [1.165, 1.54) is 48.5 Å². The maximum absolute atomic E-state index is 13.5. The van der Waals surface area contributed by atoms with Crippen LogP contribution in [-0.4, -0.2) is 22.8 Å². The van der Waals surface area contributed by atoms with Crippen molar-refractivity contribution in [1.82, 2.24) is 5.32 Å². The average molecular weight is 391 g/mol. The first-order valence-electron chi connectivity index (χ1n) is 9.17. The van der Waals surface area contributed by atoms with Crippen molar-refractivity contribution in [2.75, 3.05) is 0 Å². The normalized spacial score (nSPS) is 13.3. The topological polar surface area (TPSA) is 58.6 Å². The molecule has 0 fully saturated rings. The van der Waals surface area contributed by atoms with E-state index in [1.807, 2.05) is 13.8 Å². The summed E-state index contributed by atoms with van der Waals surface area (Å²) >= 11 is 0. The molecule has 2 aromatic carbocycles. The van der Waals surface area contributed by atoms with E-state index in [9.17, 15) is 18.7 Å². The molecular weight excluding hydrogens is 364 g/mol. The summed E-state index contributed by atoms with van der Waals surface area (Å²) in [6.45, 7) is 8.88. The van der Waals surface area contributed by atoms with E-state index in [-0.39, 0.29) is 5.92 Å². The lowest BCUT2D eigenvalue weighted by molar-refractivity contribution is 0.00398. The number of rotatable bonds is 5. The zero-order valence-electron chi connectivity index (χ0n) is 16.8. The molecule has 0 aromatic heterocycles. The van der Waals surface area contributed by atoms with Crippen molar-refractivity contribution in [3.8, 4) is 0 Å². The number of amides is 1. The first kappa shape index (κ1) is 21.8. The Morgan fingerprint density at radius 2 is 1.32 bits per heavy atom. The lowest BCUT2D eigenvalue weighted by atomic mass is 9.76. The van der Waals surface area contributed by atoms with Crippen LogP contribution in [0.2, 0.25) is 0 Å². The van der Waals surface area contributed by atoms with Crippen molar-refractivity contribution in [1.29, 1.82) is 0 Å². The number of nitrogens with one attached hydrogen (secondary N) is 1. The Hall–Kier alpha value is -2.47. The van der Waals surface area contributed by atoms with Crippen molar-refractivity contribution in [2.24, 2.45) is 5.92 Å². The molecule has 1 atom stereocenters. The fourth-order valence-electron chi connectivity index (χ4n) is 3.12. The highest BCUT2D eigenvalue weighted by Gasteiger charge is 2.43. The van der Waals surface area contributed by atoms with Crippen molar-refractivity contribution >= 4 is 6.09 Å². The van der Waals surface area contributed by atoms with E-state index in [0.29, 0.717) is 11.1 Å². The van der Waals surface area contributed by atoms with Gasteiger partial charge in [-0.3, -0.25) is 0 Å². The molecule has 2 aromatic rings. The van der Waals surface area contributed by atoms with Crippen molar-refractivity contribution in [3.63, 3.8) is 0 Å². The number of benzene rings is 2. The fourth-order valence-corrected chi connectivity index (χ4v) is 3.12. The maximum Gasteiger partial charge on any atom is 0.408 e. The minimum Gasteiger partial charge on any atom is -0.444 e. The highest BCUT2D eigenvalue weighted by Crippen LogP contribution is 2.36. The second-order valence-electron chi connectivity index (χ2n) is 8.15. The third-order valence-electron chi connectivity index (χ3n) is 4.36. The number of ether oxygens (including phenoxy) is 1. The Kier molecular flexibility index (Phi) is 6.44. The van der Waals surface area contributed by atoms with Gasteiger partial charge in [-0.05, 0) is 62.1 Å². The second kappa shape index (κ2) is 8.27. The molecular formula is C22H27F2NO3. The molecule has 0 heterocycles. The van der Waals surface area contributed by atoms with Crippen LogP contribution in [0.3, 0.4) is 0 Å². The Labute approximate surface area is 164 Å². The molecule has 0 unspecified atom stereocenters. The van der Waals surface area contributed by atoms with E-state index in [1.54, 1.807) is 20.8 Å². The number of alkyl carbamates (subject to hydrolysis) is 1. The van der Waals surface area contributed by atoms with Gasteiger partial charge in [-0.25, -0.2) is 13.6 Å². The molecule has 4 nitrogen and oxygen atoms in total. The predicted molar refractivity (Wildman–Crippen MR) is 104 cm³/mol. The first-order chi connectivity index (χ1) is 12.9. The van der Waals surface area contributed by atoms with Crippen molar-refractivity contribution < 1.29 is 23.4 Å². The molecule has 0 spiro atoms. The van der Waals surface area contributed by atoms with Gasteiger partial charge in [0.15, 0.2) is 0 Å². The third kappa shape index (κ3) is 5.07. The van der Waals surface area contributed by atoms with Gasteiger partial charge in [0.25, 0.3) is 0 Å². The third-order valence-corrected chi connectivity index (χ3v) is 4.36. The number of halogens is 2. The van der Waals surface area contributed by atoms with Gasteiger partial charge in [-0.2, -0.15) is 0 Å². The summed E-state index contributed by atoms with van der Waals surface area (Å²) in [5.41, 5.74) is -1.70. The highest BCUT2D eigenvalue weighted by molar-refractivity contribution is 5.68. The first-order valence-corrected chi connectivity index (χ1v) is 9.17. The molecule has 0 bridgehead atoms. The Balaban J connectivity index is 2.55. The van der Waals surface area contributed by atoms with Gasteiger partial charge in [-0.1, -0.05) is 38.1 Å². The van der Waals surface area contributed by atoms with Crippen molar-refractivity contribution in [3.05, 3.63) is 71.3 Å². The van der Waals surface area contributed by atoms with E-state index in [4.69, 9.17) is 4.74 Å². The summed E-state index contributed by atoms with van der Waals surface area (Å²) in [5, 5.41) is 14.5. The quantitative estimate of drug-likeness (QED) is 0.773. The standard InChI is InChI=1S/C22H27F2NO3/c1-14(2)19(25-20(26)28-21(3,4)5)22(27,15-6-10-17(23)11-7-15)16-8-12-18(24)13-9-16/h6-14,19,27H,1-5H3,(H,25,26)/t19-/m0/s1. The van der Waals surface area contributed by atoms with E-state index in [2.05, 4.69) is 5.32 Å². The van der Waals surface area contributed by atoms with Gasteiger partial charge < -0.3 is 15.2 Å². The zero-order valence-corrected chi connectivity index (χ0v) is 16.8. The van der Waals surface area contributed by atoms with E-state index in [0.717, 1.165) is 0 Å². The molecule has 2 N–H and O–H groups in total. The summed E-state index contributed by atoms with van der Waals surface area (Å²) in [5.74, 6) is -1.13. The van der Waals surface area contributed by atoms with Crippen molar-refractivity contribution in [2.45, 2.75) is 51.9 Å². The van der Waals surface area contributed by atoms with Crippen LogP contribution in [0.4, 0.5) is 13.6 Å².